The van der Waals surface area contributed by atoms with Crippen LogP contribution in [0.1, 0.15) is 42.1 Å². The van der Waals surface area contributed by atoms with Gasteiger partial charge >= 0.3 is 5.97 Å². The lowest BCUT2D eigenvalue weighted by Gasteiger charge is -2.26. The Morgan fingerprint density at radius 3 is 2.74 bits per heavy atom. The molecule has 1 saturated heterocycles. The van der Waals surface area contributed by atoms with Gasteiger partial charge in [-0.2, -0.15) is 0 Å². The molecule has 1 heterocycles. The first-order valence-corrected chi connectivity index (χ1v) is 8.27. The quantitative estimate of drug-likeness (QED) is 0.544. The summed E-state index contributed by atoms with van der Waals surface area (Å²) in [6.45, 7) is 6.40. The van der Waals surface area contributed by atoms with Crippen molar-refractivity contribution in [2.45, 2.75) is 32.7 Å². The number of nitrogens with zero attached hydrogens (tertiary/aromatic N) is 1. The molecule has 0 spiro atoms. The van der Waals surface area contributed by atoms with Crippen molar-refractivity contribution < 1.29 is 19.1 Å². The van der Waals surface area contributed by atoms with Crippen LogP contribution in [-0.2, 0) is 20.8 Å². The Hall–Kier alpha value is -1.72. The molecule has 0 N–H and O–H groups in total. The fourth-order valence-corrected chi connectivity index (χ4v) is 2.63. The largest absolute Gasteiger partial charge is 0.466 e. The Balaban J connectivity index is 1.83. The van der Waals surface area contributed by atoms with Gasteiger partial charge in [0.15, 0.2) is 5.78 Å². The van der Waals surface area contributed by atoms with Crippen LogP contribution in [0.3, 0.4) is 0 Å². The van der Waals surface area contributed by atoms with Gasteiger partial charge in [0.25, 0.3) is 0 Å². The van der Waals surface area contributed by atoms with Gasteiger partial charge < -0.3 is 9.47 Å². The third-order valence-corrected chi connectivity index (χ3v) is 3.85. The molecular weight excluding hydrogens is 294 g/mol. The number of hydrogen-bond donors (Lipinski definition) is 0. The molecule has 5 nitrogen and oxygen atoms in total. The van der Waals surface area contributed by atoms with Crippen molar-refractivity contribution in [2.75, 3.05) is 32.9 Å². The van der Waals surface area contributed by atoms with E-state index in [4.69, 9.17) is 9.47 Å². The summed E-state index contributed by atoms with van der Waals surface area (Å²) in [5.74, 6) is -0.153. The van der Waals surface area contributed by atoms with Crippen molar-refractivity contribution in [3.8, 4) is 0 Å². The van der Waals surface area contributed by atoms with E-state index in [9.17, 15) is 9.59 Å². The molecule has 1 aromatic rings. The van der Waals surface area contributed by atoms with Crippen LogP contribution in [-0.4, -0.2) is 49.6 Å². The first-order valence-electron chi connectivity index (χ1n) is 8.27. The first-order chi connectivity index (χ1) is 11.2. The van der Waals surface area contributed by atoms with Gasteiger partial charge in [-0.05, 0) is 25.0 Å². The summed E-state index contributed by atoms with van der Waals surface area (Å²) in [6, 6.07) is 7.77. The minimum Gasteiger partial charge on any atom is -0.466 e. The number of carbonyl (C=O) groups is 2. The van der Waals surface area contributed by atoms with Gasteiger partial charge in [-0.3, -0.25) is 14.5 Å². The van der Waals surface area contributed by atoms with Crippen LogP contribution in [0.15, 0.2) is 24.3 Å². The molecule has 0 amide bonds. The smallest absolute Gasteiger partial charge is 0.305 e. The second-order valence-corrected chi connectivity index (χ2v) is 5.67. The summed E-state index contributed by atoms with van der Waals surface area (Å²) in [5.41, 5.74) is 1.86. The van der Waals surface area contributed by atoms with E-state index in [0.29, 0.717) is 25.9 Å². The molecule has 0 atom stereocenters. The maximum Gasteiger partial charge on any atom is 0.305 e. The van der Waals surface area contributed by atoms with Gasteiger partial charge in [0.1, 0.15) is 0 Å². The summed E-state index contributed by atoms with van der Waals surface area (Å²) in [6.07, 6.45) is 1.21. The van der Waals surface area contributed by atoms with Crippen molar-refractivity contribution in [1.29, 1.82) is 0 Å². The highest BCUT2D eigenvalue weighted by Gasteiger charge is 2.12. The highest BCUT2D eigenvalue weighted by atomic mass is 16.5. The van der Waals surface area contributed by atoms with Crippen molar-refractivity contribution in [3.05, 3.63) is 35.4 Å². The number of ketones is 1. The molecule has 2 rings (SSSR count). The number of morpholine rings is 1. The average Bonchev–Trinajstić information content (AvgIpc) is 2.56. The van der Waals surface area contributed by atoms with E-state index in [1.54, 1.807) is 6.92 Å². The molecule has 126 valence electrons. The predicted octanol–water partition coefficient (Wildman–Crippen LogP) is 2.43. The SMILES string of the molecule is CCOC(=O)CCCC(=O)c1cccc(CN2CCOCC2)c1. The van der Waals surface area contributed by atoms with E-state index in [1.165, 1.54) is 0 Å². The minimum atomic E-state index is -0.235. The van der Waals surface area contributed by atoms with Crippen molar-refractivity contribution in [2.24, 2.45) is 0 Å². The number of benzene rings is 1. The van der Waals surface area contributed by atoms with Crippen molar-refractivity contribution >= 4 is 11.8 Å². The van der Waals surface area contributed by atoms with Crippen molar-refractivity contribution in [3.63, 3.8) is 0 Å². The summed E-state index contributed by atoms with van der Waals surface area (Å²) < 4.78 is 10.2. The van der Waals surface area contributed by atoms with E-state index < -0.39 is 0 Å². The second-order valence-electron chi connectivity index (χ2n) is 5.67. The predicted molar refractivity (Wildman–Crippen MR) is 87.4 cm³/mol. The zero-order valence-corrected chi connectivity index (χ0v) is 13.8. The number of ether oxygens (including phenoxy) is 2. The molecule has 1 aliphatic rings. The maximum atomic E-state index is 12.2. The van der Waals surface area contributed by atoms with E-state index >= 15 is 0 Å². The van der Waals surface area contributed by atoms with E-state index in [-0.39, 0.29) is 11.8 Å². The molecule has 1 fully saturated rings. The van der Waals surface area contributed by atoms with Gasteiger partial charge in [0.05, 0.1) is 19.8 Å². The Labute approximate surface area is 137 Å². The molecule has 0 saturated carbocycles. The Bertz CT molecular complexity index is 524. The molecule has 23 heavy (non-hydrogen) atoms. The molecule has 1 aliphatic heterocycles. The van der Waals surface area contributed by atoms with E-state index in [2.05, 4.69) is 4.90 Å². The molecule has 1 aromatic carbocycles. The molecule has 0 radical (unpaired) electrons. The standard InChI is InChI=1S/C18H25NO4/c1-2-23-18(21)8-4-7-17(20)16-6-3-5-15(13-16)14-19-9-11-22-12-10-19/h3,5-6,13H,2,4,7-12,14H2,1H3. The lowest BCUT2D eigenvalue weighted by molar-refractivity contribution is -0.143. The third kappa shape index (κ3) is 6.12. The number of Topliss-reactive ketones (excluding diaryl/α,β-unsaturated/α-hetero) is 1. The zero-order valence-electron chi connectivity index (χ0n) is 13.8. The van der Waals surface area contributed by atoms with Crippen LogP contribution < -0.4 is 0 Å². The highest BCUT2D eigenvalue weighted by Crippen LogP contribution is 2.13. The monoisotopic (exact) mass is 319 g/mol. The molecule has 0 aliphatic carbocycles. The summed E-state index contributed by atoms with van der Waals surface area (Å²) in [7, 11) is 0. The summed E-state index contributed by atoms with van der Waals surface area (Å²) in [5, 5.41) is 0. The van der Waals surface area contributed by atoms with Crippen molar-refractivity contribution in [1.82, 2.24) is 4.90 Å². The number of carbonyl (C=O) groups excluding carboxylic acids is 2. The number of hydrogen-bond acceptors (Lipinski definition) is 5. The van der Waals surface area contributed by atoms with Crippen LogP contribution in [0.2, 0.25) is 0 Å². The van der Waals surface area contributed by atoms with Crippen LogP contribution in [0, 0.1) is 0 Å². The Morgan fingerprint density at radius 1 is 1.22 bits per heavy atom. The maximum absolute atomic E-state index is 12.2. The summed E-state index contributed by atoms with van der Waals surface area (Å²) >= 11 is 0. The second kappa shape index (κ2) is 9.43. The summed E-state index contributed by atoms with van der Waals surface area (Å²) in [4.78, 5) is 25.9. The van der Waals surface area contributed by atoms with Crippen LogP contribution >= 0.6 is 0 Å². The molecule has 0 unspecified atom stereocenters. The van der Waals surface area contributed by atoms with Gasteiger partial charge in [-0.1, -0.05) is 18.2 Å². The first kappa shape index (κ1) is 17.6. The van der Waals surface area contributed by atoms with Gasteiger partial charge in [0.2, 0.25) is 0 Å². The van der Waals surface area contributed by atoms with Gasteiger partial charge in [-0.25, -0.2) is 0 Å². The van der Waals surface area contributed by atoms with E-state index in [0.717, 1.165) is 44.0 Å². The third-order valence-electron chi connectivity index (χ3n) is 3.85. The minimum absolute atomic E-state index is 0.0816. The van der Waals surface area contributed by atoms with Gasteiger partial charge in [-0.15, -0.1) is 0 Å². The lowest BCUT2D eigenvalue weighted by Crippen LogP contribution is -2.35. The number of rotatable bonds is 8. The average molecular weight is 319 g/mol. The van der Waals surface area contributed by atoms with Crippen LogP contribution in [0.25, 0.3) is 0 Å². The Kier molecular flexibility index (Phi) is 7.23. The normalized spacial score (nSPS) is 15.3. The lowest BCUT2D eigenvalue weighted by atomic mass is 10.0. The molecule has 5 heteroatoms. The molecule has 0 bridgehead atoms. The number of esters is 1. The Morgan fingerprint density at radius 2 is 2.00 bits per heavy atom. The van der Waals surface area contributed by atoms with Crippen LogP contribution in [0.4, 0.5) is 0 Å². The topological polar surface area (TPSA) is 55.8 Å². The van der Waals surface area contributed by atoms with E-state index in [1.807, 2.05) is 24.3 Å². The van der Waals surface area contributed by atoms with Crippen LogP contribution in [0.5, 0.6) is 0 Å². The highest BCUT2D eigenvalue weighted by molar-refractivity contribution is 5.96. The fourth-order valence-electron chi connectivity index (χ4n) is 2.63. The molecule has 0 aromatic heterocycles. The molecular formula is C18H25NO4. The zero-order chi connectivity index (χ0) is 16.5. The fraction of sp³-hybridized carbons (Fsp3) is 0.556. The van der Waals surface area contributed by atoms with Gasteiger partial charge in [0, 0.05) is 38.0 Å².